The third kappa shape index (κ3) is 2.78. The molecule has 1 N–H and O–H groups in total. The van der Waals surface area contributed by atoms with Crippen LogP contribution in [0.4, 0.5) is 0 Å². The summed E-state index contributed by atoms with van der Waals surface area (Å²) in [5, 5.41) is 13.7. The second kappa shape index (κ2) is 7.38. The van der Waals surface area contributed by atoms with Gasteiger partial charge >= 0.3 is 5.97 Å². The minimum Gasteiger partial charge on any atom is -0.477 e. The van der Waals surface area contributed by atoms with Crippen LogP contribution >= 0.6 is 27.7 Å². The van der Waals surface area contributed by atoms with Crippen LogP contribution in [0.1, 0.15) is 25.5 Å². The zero-order valence-electron chi connectivity index (χ0n) is 16.2. The van der Waals surface area contributed by atoms with Crippen molar-refractivity contribution in [3.8, 4) is 0 Å². The van der Waals surface area contributed by atoms with Crippen molar-refractivity contribution in [1.82, 2.24) is 14.8 Å². The maximum atomic E-state index is 13.5. The molecule has 3 aliphatic rings. The fourth-order valence-electron chi connectivity index (χ4n) is 4.35. The van der Waals surface area contributed by atoms with Gasteiger partial charge in [-0.3, -0.25) is 14.5 Å². The van der Waals surface area contributed by atoms with E-state index in [2.05, 4.69) is 21.2 Å². The molecule has 3 atom stereocenters. The normalized spacial score (nSPS) is 27.8. The number of benzene rings is 1. The van der Waals surface area contributed by atoms with E-state index in [0.717, 1.165) is 0 Å². The number of hydrogen-bond donors (Lipinski definition) is 1. The smallest absolute Gasteiger partial charge is 0.352 e. The fourth-order valence-corrected chi connectivity index (χ4v) is 6.46. The van der Waals surface area contributed by atoms with E-state index < -0.39 is 40.9 Å². The number of carbonyl (C=O) groups excluding carboxylic acids is 2. The van der Waals surface area contributed by atoms with Gasteiger partial charge in [0.1, 0.15) is 22.8 Å². The molecule has 9 nitrogen and oxygen atoms in total. The van der Waals surface area contributed by atoms with Crippen molar-refractivity contribution >= 4 is 45.5 Å². The van der Waals surface area contributed by atoms with Crippen LogP contribution in [-0.2, 0) is 14.4 Å². The number of carboxylic acids is 1. The number of halogens is 1. The molecule has 0 aliphatic carbocycles. The molecule has 30 heavy (non-hydrogen) atoms. The van der Waals surface area contributed by atoms with Crippen LogP contribution in [0.5, 0.6) is 0 Å². The first kappa shape index (κ1) is 20.9. The van der Waals surface area contributed by atoms with Crippen LogP contribution in [0.3, 0.4) is 0 Å². The number of aliphatic carboxylic acids is 1. The number of β-lactam (4-membered cyclic amide) rings is 1. The first-order valence-electron chi connectivity index (χ1n) is 9.22. The van der Waals surface area contributed by atoms with Gasteiger partial charge in [-0.25, -0.2) is 9.80 Å². The van der Waals surface area contributed by atoms with Crippen LogP contribution in [-0.4, -0.2) is 65.9 Å². The summed E-state index contributed by atoms with van der Waals surface area (Å²) in [5.74, 6) is -1.62. The molecule has 1 aromatic carbocycles. The number of hydrogen-bond acceptors (Lipinski definition) is 6. The summed E-state index contributed by atoms with van der Waals surface area (Å²) in [6.45, 7) is 3.33. The lowest BCUT2D eigenvalue weighted by molar-refractivity contribution is -0.164. The number of carboxylic acid groups (broad SMARTS) is 1. The number of rotatable bonds is 5. The summed E-state index contributed by atoms with van der Waals surface area (Å²) in [5.41, 5.74) is 0.0206. The first-order valence-corrected chi connectivity index (χ1v) is 11.4. The van der Waals surface area contributed by atoms with E-state index in [1.54, 1.807) is 44.2 Å². The Morgan fingerprint density at radius 3 is 2.50 bits per heavy atom. The van der Waals surface area contributed by atoms with Crippen molar-refractivity contribution in [1.29, 1.82) is 0 Å². The summed E-state index contributed by atoms with van der Waals surface area (Å²) in [6, 6.07) is 6.98. The Morgan fingerprint density at radius 1 is 1.27 bits per heavy atom. The molecule has 2 saturated heterocycles. The molecule has 2 fully saturated rings. The molecule has 11 heteroatoms. The van der Waals surface area contributed by atoms with Gasteiger partial charge in [0.15, 0.2) is 6.04 Å². The summed E-state index contributed by atoms with van der Waals surface area (Å²) in [7, 11) is 0. The van der Waals surface area contributed by atoms with Gasteiger partial charge in [0, 0.05) is 11.1 Å². The van der Waals surface area contributed by atoms with Crippen LogP contribution in [0, 0.1) is 4.91 Å². The van der Waals surface area contributed by atoms with E-state index in [4.69, 9.17) is 0 Å². The predicted molar refractivity (Wildman–Crippen MR) is 113 cm³/mol. The van der Waals surface area contributed by atoms with Gasteiger partial charge in [0.25, 0.3) is 11.8 Å². The van der Waals surface area contributed by atoms with Crippen molar-refractivity contribution in [2.45, 2.75) is 37.0 Å². The Kier molecular flexibility index (Phi) is 5.13. The van der Waals surface area contributed by atoms with Gasteiger partial charge in [-0.05, 0) is 25.0 Å². The van der Waals surface area contributed by atoms with Crippen molar-refractivity contribution in [2.24, 2.45) is 5.29 Å². The van der Waals surface area contributed by atoms with Gasteiger partial charge < -0.3 is 10.0 Å². The molecule has 0 bridgehead atoms. The van der Waals surface area contributed by atoms with E-state index >= 15 is 0 Å². The molecule has 0 saturated carbocycles. The quantitative estimate of drug-likeness (QED) is 0.379. The third-order valence-corrected chi connectivity index (χ3v) is 7.73. The summed E-state index contributed by atoms with van der Waals surface area (Å²) in [4.78, 5) is 52.7. The second-order valence-electron chi connectivity index (χ2n) is 7.69. The average Bonchev–Trinajstić information content (AvgIpc) is 2.92. The standard InChI is InChI=1S/C19H19BrN4O5S/c1-19(2)23(16(26)12(24(19)21-29)10-6-4-3-5-7-10)14-15(25)22-13(18(27)28)11(8-20)9-30-17(14)22/h3-7,12,14,17H,8-9H2,1-2H3,(H,27,28)/t12?,14?,17-/m0/s1. The maximum Gasteiger partial charge on any atom is 0.352 e. The molecule has 3 aliphatic heterocycles. The Balaban J connectivity index is 1.72. The molecule has 2 unspecified atom stereocenters. The molecule has 0 aromatic heterocycles. The fraction of sp³-hybridized carbons (Fsp3) is 0.421. The molecule has 2 amide bonds. The SMILES string of the molecule is CC1(C)N(N=O)C(c2ccccc2)C(=O)N1C1C(=O)N2C(C(=O)O)=C(CBr)CS[C@@H]12. The molecule has 0 radical (unpaired) electrons. The monoisotopic (exact) mass is 494 g/mol. The molecular weight excluding hydrogens is 476 g/mol. The van der Waals surface area contributed by atoms with Crippen LogP contribution < -0.4 is 0 Å². The number of alkyl halides is 1. The summed E-state index contributed by atoms with van der Waals surface area (Å²) in [6.07, 6.45) is 0. The minimum atomic E-state index is -1.17. The highest BCUT2D eigenvalue weighted by Gasteiger charge is 2.64. The van der Waals surface area contributed by atoms with Crippen LogP contribution in [0.2, 0.25) is 0 Å². The second-order valence-corrected chi connectivity index (χ2v) is 9.35. The van der Waals surface area contributed by atoms with Gasteiger partial charge in [-0.2, -0.15) is 0 Å². The van der Waals surface area contributed by atoms with E-state index in [1.165, 1.54) is 26.6 Å². The number of nitrogens with zero attached hydrogens (tertiary/aromatic N) is 4. The molecule has 0 spiro atoms. The first-order chi connectivity index (χ1) is 14.3. The molecule has 158 valence electrons. The third-order valence-electron chi connectivity index (χ3n) is 5.73. The molecule has 4 rings (SSSR count). The minimum absolute atomic E-state index is 0.0358. The lowest BCUT2D eigenvalue weighted by atomic mass is 9.98. The van der Waals surface area contributed by atoms with Crippen molar-refractivity contribution in [3.63, 3.8) is 0 Å². The predicted octanol–water partition coefficient (Wildman–Crippen LogP) is 2.31. The maximum absolute atomic E-state index is 13.5. The number of thioether (sulfide) groups is 1. The Labute approximate surface area is 185 Å². The topological polar surface area (TPSA) is 111 Å². The summed E-state index contributed by atoms with van der Waals surface area (Å²) < 4.78 is 0. The molecule has 1 aromatic rings. The zero-order valence-corrected chi connectivity index (χ0v) is 18.6. The highest BCUT2D eigenvalue weighted by atomic mass is 79.9. The van der Waals surface area contributed by atoms with E-state index in [-0.39, 0.29) is 5.70 Å². The Bertz CT molecular complexity index is 969. The van der Waals surface area contributed by atoms with Crippen molar-refractivity contribution in [3.05, 3.63) is 52.1 Å². The highest BCUT2D eigenvalue weighted by molar-refractivity contribution is 9.09. The van der Waals surface area contributed by atoms with Crippen LogP contribution in [0.25, 0.3) is 0 Å². The average molecular weight is 495 g/mol. The number of carbonyl (C=O) groups is 3. The Hall–Kier alpha value is -2.40. The van der Waals surface area contributed by atoms with Gasteiger partial charge in [0.05, 0.1) is 5.29 Å². The number of amides is 2. The summed E-state index contributed by atoms with van der Waals surface area (Å²) >= 11 is 4.69. The van der Waals surface area contributed by atoms with Gasteiger partial charge in [-0.1, -0.05) is 46.3 Å². The number of fused-ring (bicyclic) bond motifs is 1. The number of nitroso groups, excluding NO2 is 1. The van der Waals surface area contributed by atoms with Crippen molar-refractivity contribution in [2.75, 3.05) is 11.1 Å². The Morgan fingerprint density at radius 2 is 1.93 bits per heavy atom. The molecule has 3 heterocycles. The van der Waals surface area contributed by atoms with Crippen molar-refractivity contribution < 1.29 is 19.5 Å². The van der Waals surface area contributed by atoms with Gasteiger partial charge in [0.2, 0.25) is 0 Å². The largest absolute Gasteiger partial charge is 0.477 e. The van der Waals surface area contributed by atoms with E-state index in [9.17, 15) is 24.4 Å². The van der Waals surface area contributed by atoms with E-state index in [0.29, 0.717) is 22.2 Å². The highest BCUT2D eigenvalue weighted by Crippen LogP contribution is 2.49. The zero-order chi connectivity index (χ0) is 21.8. The lowest BCUT2D eigenvalue weighted by Crippen LogP contribution is -2.73. The molecular formula is C19H19BrN4O5S. The van der Waals surface area contributed by atoms with Gasteiger partial charge in [-0.15, -0.1) is 16.7 Å². The van der Waals surface area contributed by atoms with Crippen LogP contribution in [0.15, 0.2) is 46.9 Å². The lowest BCUT2D eigenvalue weighted by Gasteiger charge is -2.54. The van der Waals surface area contributed by atoms with E-state index in [1.807, 2.05) is 0 Å².